The number of anilines is 1. The Labute approximate surface area is 112 Å². The van der Waals surface area contributed by atoms with Gasteiger partial charge in [-0.1, -0.05) is 12.1 Å². The second kappa shape index (κ2) is 5.40. The van der Waals surface area contributed by atoms with Crippen LogP contribution < -0.4 is 16.2 Å². The van der Waals surface area contributed by atoms with Gasteiger partial charge in [0.1, 0.15) is 6.04 Å². The molecule has 1 aliphatic heterocycles. The quantitative estimate of drug-likeness (QED) is 0.736. The number of hydrazine groups is 1. The highest BCUT2D eigenvalue weighted by atomic mass is 19.4. The lowest BCUT2D eigenvalue weighted by Gasteiger charge is -2.16. The van der Waals surface area contributed by atoms with E-state index in [0.717, 1.165) is 6.07 Å². The van der Waals surface area contributed by atoms with Gasteiger partial charge in [-0.25, -0.2) is 0 Å². The monoisotopic (exact) mass is 287 g/mol. The molecule has 0 aromatic heterocycles. The number of alkyl halides is 3. The molecule has 20 heavy (non-hydrogen) atoms. The summed E-state index contributed by atoms with van der Waals surface area (Å²) in [5, 5.41) is 2.42. The third-order valence-corrected chi connectivity index (χ3v) is 2.86. The number of rotatable bonds is 3. The molecule has 2 amide bonds. The molecule has 0 spiro atoms. The molecular formula is C12H12F3N3O2. The molecule has 1 aromatic rings. The zero-order chi connectivity index (χ0) is 14.8. The SMILES string of the molecule is O=C1CCC(C(=O)NNc2ccccc2C(F)(F)F)N1. The number of benzene rings is 1. The minimum absolute atomic E-state index is 0.233. The van der Waals surface area contributed by atoms with Crippen LogP contribution in [-0.4, -0.2) is 17.9 Å². The Balaban J connectivity index is 2.01. The number of halogens is 3. The normalized spacial score (nSPS) is 18.6. The summed E-state index contributed by atoms with van der Waals surface area (Å²) in [4.78, 5) is 22.6. The fourth-order valence-corrected chi connectivity index (χ4v) is 1.87. The summed E-state index contributed by atoms with van der Waals surface area (Å²) in [5.41, 5.74) is 3.28. The maximum absolute atomic E-state index is 12.7. The molecule has 3 N–H and O–H groups in total. The first kappa shape index (κ1) is 14.2. The van der Waals surface area contributed by atoms with E-state index in [1.54, 1.807) is 0 Å². The molecule has 5 nitrogen and oxygen atoms in total. The smallest absolute Gasteiger partial charge is 0.344 e. The van der Waals surface area contributed by atoms with Crippen molar-refractivity contribution < 1.29 is 22.8 Å². The van der Waals surface area contributed by atoms with Gasteiger partial charge >= 0.3 is 6.18 Å². The molecule has 1 heterocycles. The van der Waals surface area contributed by atoms with Crippen LogP contribution >= 0.6 is 0 Å². The van der Waals surface area contributed by atoms with Gasteiger partial charge in [0.15, 0.2) is 0 Å². The van der Waals surface area contributed by atoms with Crippen molar-refractivity contribution in [1.82, 2.24) is 10.7 Å². The fraction of sp³-hybridized carbons (Fsp3) is 0.333. The molecule has 2 rings (SSSR count). The van der Waals surface area contributed by atoms with E-state index in [1.807, 2.05) is 0 Å². The first-order chi connectivity index (χ1) is 9.38. The van der Waals surface area contributed by atoms with Gasteiger partial charge in [0.25, 0.3) is 5.91 Å². The van der Waals surface area contributed by atoms with E-state index in [-0.39, 0.29) is 18.0 Å². The first-order valence-electron chi connectivity index (χ1n) is 5.89. The second-order valence-corrected chi connectivity index (χ2v) is 4.32. The maximum atomic E-state index is 12.7. The molecule has 0 bridgehead atoms. The molecule has 1 saturated heterocycles. The Hall–Kier alpha value is -2.25. The molecule has 0 aliphatic carbocycles. The summed E-state index contributed by atoms with van der Waals surface area (Å²) < 4.78 is 38.1. The number of carbonyl (C=O) groups excluding carboxylic acids is 2. The topological polar surface area (TPSA) is 70.2 Å². The van der Waals surface area contributed by atoms with E-state index < -0.39 is 23.7 Å². The molecule has 1 aliphatic rings. The molecule has 1 aromatic carbocycles. The zero-order valence-corrected chi connectivity index (χ0v) is 10.3. The molecule has 8 heteroatoms. The van der Waals surface area contributed by atoms with Crippen LogP contribution in [0.1, 0.15) is 18.4 Å². The summed E-state index contributed by atoms with van der Waals surface area (Å²) in [7, 11) is 0. The third kappa shape index (κ3) is 3.19. The van der Waals surface area contributed by atoms with Crippen LogP contribution in [0.4, 0.5) is 18.9 Å². The van der Waals surface area contributed by atoms with Gasteiger partial charge < -0.3 is 5.32 Å². The summed E-state index contributed by atoms with van der Waals surface area (Å²) in [6.07, 6.45) is -3.96. The Morgan fingerprint density at radius 2 is 2.00 bits per heavy atom. The Kier molecular flexibility index (Phi) is 3.82. The Bertz CT molecular complexity index is 531. The molecule has 108 valence electrons. The van der Waals surface area contributed by atoms with Crippen LogP contribution in [0.2, 0.25) is 0 Å². The maximum Gasteiger partial charge on any atom is 0.418 e. The standard InChI is InChI=1S/C12H12F3N3O2/c13-12(14,15)7-3-1-2-4-8(7)17-18-11(20)9-5-6-10(19)16-9/h1-4,9,17H,5-6H2,(H,16,19)(H,18,20). The first-order valence-corrected chi connectivity index (χ1v) is 5.89. The minimum atomic E-state index is -4.52. The van der Waals surface area contributed by atoms with E-state index >= 15 is 0 Å². The predicted octanol–water partition coefficient (Wildman–Crippen LogP) is 1.43. The highest BCUT2D eigenvalue weighted by molar-refractivity contribution is 5.91. The van der Waals surface area contributed by atoms with E-state index in [1.165, 1.54) is 18.2 Å². The lowest BCUT2D eigenvalue weighted by Crippen LogP contribution is -2.44. The highest BCUT2D eigenvalue weighted by Gasteiger charge is 2.33. The fourth-order valence-electron chi connectivity index (χ4n) is 1.87. The minimum Gasteiger partial charge on any atom is -0.344 e. The number of para-hydroxylation sites is 1. The Morgan fingerprint density at radius 1 is 1.30 bits per heavy atom. The van der Waals surface area contributed by atoms with Gasteiger partial charge in [-0.3, -0.25) is 20.4 Å². The number of nitrogens with one attached hydrogen (secondary N) is 3. The largest absolute Gasteiger partial charge is 0.418 e. The van der Waals surface area contributed by atoms with Crippen molar-refractivity contribution in [3.63, 3.8) is 0 Å². The number of amides is 2. The average molecular weight is 287 g/mol. The Morgan fingerprint density at radius 3 is 2.60 bits per heavy atom. The molecule has 0 saturated carbocycles. The van der Waals surface area contributed by atoms with Crippen LogP contribution in [0, 0.1) is 0 Å². The lowest BCUT2D eigenvalue weighted by molar-refractivity contribution is -0.137. The van der Waals surface area contributed by atoms with Crippen molar-refractivity contribution in [1.29, 1.82) is 0 Å². The van der Waals surface area contributed by atoms with Crippen LogP contribution in [0.25, 0.3) is 0 Å². The van der Waals surface area contributed by atoms with Crippen LogP contribution in [0.3, 0.4) is 0 Å². The average Bonchev–Trinajstić information content (AvgIpc) is 2.82. The molecule has 1 unspecified atom stereocenters. The van der Waals surface area contributed by atoms with Crippen molar-refractivity contribution >= 4 is 17.5 Å². The lowest BCUT2D eigenvalue weighted by atomic mass is 10.2. The second-order valence-electron chi connectivity index (χ2n) is 4.32. The molecule has 1 atom stereocenters. The molecule has 0 radical (unpaired) electrons. The van der Waals surface area contributed by atoms with Crippen molar-refractivity contribution in [3.05, 3.63) is 29.8 Å². The summed E-state index contributed by atoms with van der Waals surface area (Å²) in [6, 6.07) is 4.07. The third-order valence-electron chi connectivity index (χ3n) is 2.86. The van der Waals surface area contributed by atoms with Crippen molar-refractivity contribution in [2.75, 3.05) is 5.43 Å². The van der Waals surface area contributed by atoms with Gasteiger partial charge in [-0.2, -0.15) is 13.2 Å². The van der Waals surface area contributed by atoms with Gasteiger partial charge in [0.2, 0.25) is 5.91 Å². The van der Waals surface area contributed by atoms with Crippen LogP contribution in [0.15, 0.2) is 24.3 Å². The summed E-state index contributed by atoms with van der Waals surface area (Å²) >= 11 is 0. The van der Waals surface area contributed by atoms with Crippen LogP contribution in [0.5, 0.6) is 0 Å². The van der Waals surface area contributed by atoms with Gasteiger partial charge in [0, 0.05) is 6.42 Å². The summed E-state index contributed by atoms with van der Waals surface area (Å²) in [6.45, 7) is 0. The number of hydrogen-bond acceptors (Lipinski definition) is 3. The van der Waals surface area contributed by atoms with E-state index in [9.17, 15) is 22.8 Å². The number of carbonyl (C=O) groups is 2. The number of hydrogen-bond donors (Lipinski definition) is 3. The van der Waals surface area contributed by atoms with Crippen molar-refractivity contribution in [3.8, 4) is 0 Å². The van der Waals surface area contributed by atoms with Crippen LogP contribution in [-0.2, 0) is 15.8 Å². The van der Waals surface area contributed by atoms with E-state index in [0.29, 0.717) is 6.42 Å². The van der Waals surface area contributed by atoms with Gasteiger partial charge in [-0.05, 0) is 18.6 Å². The zero-order valence-electron chi connectivity index (χ0n) is 10.3. The summed E-state index contributed by atoms with van der Waals surface area (Å²) in [5.74, 6) is -0.825. The van der Waals surface area contributed by atoms with E-state index in [2.05, 4.69) is 16.2 Å². The van der Waals surface area contributed by atoms with Crippen molar-refractivity contribution in [2.45, 2.75) is 25.1 Å². The highest BCUT2D eigenvalue weighted by Crippen LogP contribution is 2.34. The van der Waals surface area contributed by atoms with Gasteiger partial charge in [-0.15, -0.1) is 0 Å². The van der Waals surface area contributed by atoms with E-state index in [4.69, 9.17) is 0 Å². The molecule has 1 fully saturated rings. The van der Waals surface area contributed by atoms with Crippen molar-refractivity contribution in [2.24, 2.45) is 0 Å². The predicted molar refractivity (Wildman–Crippen MR) is 64.4 cm³/mol. The van der Waals surface area contributed by atoms with Gasteiger partial charge in [0.05, 0.1) is 11.3 Å². The molecular weight excluding hydrogens is 275 g/mol.